The van der Waals surface area contributed by atoms with Crippen LogP contribution in [0.2, 0.25) is 0 Å². The minimum absolute atomic E-state index is 0.352. The van der Waals surface area contributed by atoms with Crippen molar-refractivity contribution in [3.8, 4) is 0 Å². The summed E-state index contributed by atoms with van der Waals surface area (Å²) in [6.07, 6.45) is 3.36. The largest absolute Gasteiger partial charge is 0.380 e. The van der Waals surface area contributed by atoms with Gasteiger partial charge in [-0.2, -0.15) is 0 Å². The van der Waals surface area contributed by atoms with Gasteiger partial charge in [-0.25, -0.2) is 0 Å². The van der Waals surface area contributed by atoms with Crippen LogP contribution in [0.1, 0.15) is 19.3 Å². The molecule has 1 heterocycles. The molecule has 2 aliphatic rings. The molecule has 0 unspecified atom stereocenters. The maximum atomic E-state index is 11.7. The second-order valence-electron chi connectivity index (χ2n) is 3.90. The van der Waals surface area contributed by atoms with E-state index in [1.165, 1.54) is 4.90 Å². The van der Waals surface area contributed by atoms with E-state index in [-0.39, 0.29) is 5.91 Å². The van der Waals surface area contributed by atoms with Gasteiger partial charge in [-0.05, 0) is 25.7 Å². The van der Waals surface area contributed by atoms with Gasteiger partial charge in [0.25, 0.3) is 5.91 Å². The van der Waals surface area contributed by atoms with E-state index in [4.69, 9.17) is 5.73 Å². The second kappa shape index (κ2) is 2.95. The summed E-state index contributed by atoms with van der Waals surface area (Å²) in [6.45, 7) is 0.481. The molecule has 77 valence electrons. The first-order valence-electron chi connectivity index (χ1n) is 4.71. The Hall–Kier alpha value is -1.10. The van der Waals surface area contributed by atoms with Crippen molar-refractivity contribution in [2.24, 2.45) is 5.73 Å². The third kappa shape index (κ3) is 1.37. The Bertz CT molecular complexity index is 286. The van der Waals surface area contributed by atoms with Gasteiger partial charge in [0.15, 0.2) is 0 Å². The smallest absolute Gasteiger partial charge is 0.255 e. The Kier molecular flexibility index (Phi) is 1.99. The molecule has 1 radical (unpaired) electrons. The van der Waals surface area contributed by atoms with Gasteiger partial charge in [0.05, 0.1) is 0 Å². The molecule has 1 saturated carbocycles. The molecule has 1 aliphatic heterocycles. The molecule has 5 heteroatoms. The lowest BCUT2D eigenvalue weighted by molar-refractivity contribution is -0.145. The summed E-state index contributed by atoms with van der Waals surface area (Å²) in [7, 11) is 0. The molecule has 2 rings (SSSR count). The first kappa shape index (κ1) is 9.45. The molecule has 5 nitrogen and oxygen atoms in total. The summed E-state index contributed by atoms with van der Waals surface area (Å²) >= 11 is 0. The summed E-state index contributed by atoms with van der Waals surface area (Å²) in [4.78, 5) is 24.0. The lowest BCUT2D eigenvalue weighted by Crippen LogP contribution is -2.48. The van der Waals surface area contributed by atoms with Crippen LogP contribution in [-0.4, -0.2) is 40.0 Å². The molecular weight excluding hydrogens is 184 g/mol. The monoisotopic (exact) mass is 197 g/mol. The fraction of sp³-hybridized carbons (Fsp3) is 0.667. The molecule has 2 fully saturated rings. The van der Waals surface area contributed by atoms with E-state index < -0.39 is 17.6 Å². The Morgan fingerprint density at radius 2 is 2.14 bits per heavy atom. The van der Waals surface area contributed by atoms with E-state index in [2.05, 4.69) is 0 Å². The summed E-state index contributed by atoms with van der Waals surface area (Å²) in [5.74, 6) is -0.879. The molecule has 0 aromatic carbocycles. The minimum atomic E-state index is -1.20. The van der Waals surface area contributed by atoms with Crippen molar-refractivity contribution in [3.05, 3.63) is 6.42 Å². The number of aliphatic hydroxyl groups is 1. The molecular formula is C9H13N2O3. The number of primary amides is 1. The average molecular weight is 197 g/mol. The van der Waals surface area contributed by atoms with Gasteiger partial charge in [0, 0.05) is 6.54 Å². The lowest BCUT2D eigenvalue weighted by atomic mass is 10.2. The van der Waals surface area contributed by atoms with Crippen LogP contribution in [0.3, 0.4) is 0 Å². The first-order chi connectivity index (χ1) is 6.54. The molecule has 1 saturated heterocycles. The van der Waals surface area contributed by atoms with E-state index in [9.17, 15) is 14.7 Å². The van der Waals surface area contributed by atoms with Crippen molar-refractivity contribution >= 4 is 11.8 Å². The third-order valence-corrected chi connectivity index (χ3v) is 2.77. The van der Waals surface area contributed by atoms with Crippen LogP contribution in [0, 0.1) is 6.42 Å². The number of rotatable bonds is 2. The fourth-order valence-electron chi connectivity index (χ4n) is 1.74. The number of hydrogen-bond acceptors (Lipinski definition) is 3. The number of carbonyl (C=O) groups excluding carboxylic acids is 2. The van der Waals surface area contributed by atoms with Gasteiger partial charge in [0.2, 0.25) is 5.91 Å². The normalized spacial score (nSPS) is 28.9. The molecule has 1 atom stereocenters. The molecule has 0 aromatic rings. The Morgan fingerprint density at radius 1 is 1.50 bits per heavy atom. The molecule has 1 aliphatic carbocycles. The minimum Gasteiger partial charge on any atom is -0.380 e. The molecule has 3 N–H and O–H groups in total. The van der Waals surface area contributed by atoms with Gasteiger partial charge >= 0.3 is 0 Å². The molecule has 2 amide bonds. The number of nitrogens with two attached hydrogens (primary N) is 1. The van der Waals surface area contributed by atoms with E-state index in [0.29, 0.717) is 25.8 Å². The van der Waals surface area contributed by atoms with Gasteiger partial charge in [-0.15, -0.1) is 0 Å². The highest BCUT2D eigenvalue weighted by Crippen LogP contribution is 2.38. The zero-order valence-electron chi connectivity index (χ0n) is 7.77. The molecule has 0 spiro atoms. The van der Waals surface area contributed by atoms with Crippen LogP contribution in [0.5, 0.6) is 0 Å². The van der Waals surface area contributed by atoms with Gasteiger partial charge < -0.3 is 15.7 Å². The van der Waals surface area contributed by atoms with Crippen molar-refractivity contribution < 1.29 is 14.7 Å². The zero-order chi connectivity index (χ0) is 10.3. The van der Waals surface area contributed by atoms with Crippen LogP contribution in [-0.2, 0) is 9.59 Å². The highest BCUT2D eigenvalue weighted by molar-refractivity contribution is 5.93. The SMILES string of the molecule is NC(=O)[C@@H]1[CH]CCN1C(=O)C1(O)CC1. The number of nitrogens with zero attached hydrogens (tertiary/aromatic N) is 1. The van der Waals surface area contributed by atoms with Crippen LogP contribution in [0.25, 0.3) is 0 Å². The summed E-state index contributed by atoms with van der Waals surface area (Å²) in [5.41, 5.74) is 3.94. The molecule has 0 aromatic heterocycles. The fourth-order valence-corrected chi connectivity index (χ4v) is 1.74. The van der Waals surface area contributed by atoms with Crippen LogP contribution in [0.15, 0.2) is 0 Å². The van der Waals surface area contributed by atoms with Crippen molar-refractivity contribution in [3.63, 3.8) is 0 Å². The maximum absolute atomic E-state index is 11.7. The topological polar surface area (TPSA) is 83.6 Å². The Morgan fingerprint density at radius 3 is 2.64 bits per heavy atom. The molecule has 0 bridgehead atoms. The zero-order valence-corrected chi connectivity index (χ0v) is 7.77. The number of likely N-dealkylation sites (tertiary alicyclic amines) is 1. The van der Waals surface area contributed by atoms with Crippen molar-refractivity contribution in [2.45, 2.75) is 30.9 Å². The summed E-state index contributed by atoms with van der Waals surface area (Å²) < 4.78 is 0. The van der Waals surface area contributed by atoms with Crippen LogP contribution >= 0.6 is 0 Å². The lowest BCUT2D eigenvalue weighted by Gasteiger charge is -2.24. The highest BCUT2D eigenvalue weighted by atomic mass is 16.3. The van der Waals surface area contributed by atoms with Gasteiger partial charge in [-0.1, -0.05) is 0 Å². The van der Waals surface area contributed by atoms with Crippen LogP contribution < -0.4 is 5.73 Å². The van der Waals surface area contributed by atoms with Gasteiger partial charge in [-0.3, -0.25) is 9.59 Å². The second-order valence-corrected chi connectivity index (χ2v) is 3.90. The van der Waals surface area contributed by atoms with E-state index in [1.807, 2.05) is 0 Å². The summed E-state index contributed by atoms with van der Waals surface area (Å²) in [5, 5.41) is 9.60. The number of carbonyl (C=O) groups is 2. The predicted molar refractivity (Wildman–Crippen MR) is 47.8 cm³/mol. The van der Waals surface area contributed by atoms with Crippen molar-refractivity contribution in [2.75, 3.05) is 6.54 Å². The van der Waals surface area contributed by atoms with E-state index in [1.54, 1.807) is 6.42 Å². The predicted octanol–water partition coefficient (Wildman–Crippen LogP) is -1.20. The van der Waals surface area contributed by atoms with Crippen molar-refractivity contribution in [1.29, 1.82) is 0 Å². The Labute approximate surface area is 81.9 Å². The van der Waals surface area contributed by atoms with Crippen molar-refractivity contribution in [1.82, 2.24) is 4.90 Å². The Balaban J connectivity index is 2.09. The maximum Gasteiger partial charge on any atom is 0.255 e. The van der Waals surface area contributed by atoms with E-state index in [0.717, 1.165) is 0 Å². The van der Waals surface area contributed by atoms with Crippen LogP contribution in [0.4, 0.5) is 0 Å². The third-order valence-electron chi connectivity index (χ3n) is 2.77. The summed E-state index contributed by atoms with van der Waals surface area (Å²) in [6, 6.07) is -0.632. The van der Waals surface area contributed by atoms with E-state index >= 15 is 0 Å². The number of amides is 2. The average Bonchev–Trinajstić information content (AvgIpc) is 2.69. The number of hydrogen-bond donors (Lipinski definition) is 2. The highest BCUT2D eigenvalue weighted by Gasteiger charge is 2.52. The standard InChI is InChI=1S/C9H13N2O3/c10-7(12)6-2-1-5-11(6)8(13)9(14)3-4-9/h2,6,14H,1,3-5H2,(H2,10,12)/t6-/m0/s1. The quantitative estimate of drug-likeness (QED) is 0.583. The van der Waals surface area contributed by atoms with Gasteiger partial charge in [0.1, 0.15) is 11.6 Å². The molecule has 14 heavy (non-hydrogen) atoms. The first-order valence-corrected chi connectivity index (χ1v) is 4.71.